The molecule has 0 saturated heterocycles. The molecule has 2 heteroatoms. The molecule has 2 nitrogen and oxygen atoms in total. The van der Waals surface area contributed by atoms with Crippen molar-refractivity contribution in [3.63, 3.8) is 0 Å². The highest BCUT2D eigenvalue weighted by Gasteiger charge is 2.31. The summed E-state index contributed by atoms with van der Waals surface area (Å²) >= 11 is 0. The van der Waals surface area contributed by atoms with Crippen molar-refractivity contribution < 1.29 is 4.74 Å². The van der Waals surface area contributed by atoms with Gasteiger partial charge in [-0.2, -0.15) is 0 Å². The van der Waals surface area contributed by atoms with E-state index >= 15 is 0 Å². The van der Waals surface area contributed by atoms with Gasteiger partial charge in [0.1, 0.15) is 0 Å². The Hall–Kier alpha value is -0.0800. The summed E-state index contributed by atoms with van der Waals surface area (Å²) in [5, 5.41) is 3.66. The Morgan fingerprint density at radius 1 is 1.33 bits per heavy atom. The van der Waals surface area contributed by atoms with Crippen molar-refractivity contribution in [3.05, 3.63) is 0 Å². The summed E-state index contributed by atoms with van der Waals surface area (Å²) in [7, 11) is 1.77. The fourth-order valence-corrected chi connectivity index (χ4v) is 3.02. The van der Waals surface area contributed by atoms with E-state index in [0.717, 1.165) is 31.5 Å². The van der Waals surface area contributed by atoms with E-state index in [0.29, 0.717) is 5.41 Å². The van der Waals surface area contributed by atoms with Gasteiger partial charge in [-0.1, -0.05) is 20.8 Å². The van der Waals surface area contributed by atoms with Crippen molar-refractivity contribution in [1.82, 2.24) is 5.32 Å². The molecule has 1 fully saturated rings. The minimum Gasteiger partial charge on any atom is -0.385 e. The zero-order valence-corrected chi connectivity index (χ0v) is 10.8. The molecule has 1 N–H and O–H groups in total. The lowest BCUT2D eigenvalue weighted by molar-refractivity contribution is 0.146. The Morgan fingerprint density at radius 2 is 2.07 bits per heavy atom. The van der Waals surface area contributed by atoms with Gasteiger partial charge in [0.25, 0.3) is 0 Å². The summed E-state index contributed by atoms with van der Waals surface area (Å²) < 4.78 is 5.05. The molecule has 2 atom stereocenters. The number of nitrogens with one attached hydrogen (secondary N) is 1. The molecular formula is C13H27NO. The smallest absolute Gasteiger partial charge is 0.0474 e. The first-order chi connectivity index (χ1) is 7.03. The van der Waals surface area contributed by atoms with E-state index in [1.807, 2.05) is 0 Å². The molecule has 2 unspecified atom stereocenters. The highest BCUT2D eigenvalue weighted by Crippen LogP contribution is 2.38. The second-order valence-electron chi connectivity index (χ2n) is 5.91. The molecule has 0 aromatic carbocycles. The van der Waals surface area contributed by atoms with Crippen molar-refractivity contribution in [2.45, 2.75) is 52.5 Å². The van der Waals surface area contributed by atoms with Crippen LogP contribution in [0.4, 0.5) is 0 Å². The maximum Gasteiger partial charge on any atom is 0.0474 e. The molecule has 1 rings (SSSR count). The number of hydrogen-bond donors (Lipinski definition) is 1. The number of hydrogen-bond acceptors (Lipinski definition) is 2. The van der Waals surface area contributed by atoms with E-state index in [1.165, 1.54) is 19.3 Å². The van der Waals surface area contributed by atoms with E-state index < -0.39 is 0 Å². The molecule has 1 aliphatic rings. The Bertz CT molecular complexity index is 179. The molecule has 0 heterocycles. The van der Waals surface area contributed by atoms with E-state index in [2.05, 4.69) is 26.1 Å². The molecule has 0 aromatic rings. The van der Waals surface area contributed by atoms with E-state index in [-0.39, 0.29) is 0 Å². The van der Waals surface area contributed by atoms with Crippen molar-refractivity contribution in [1.29, 1.82) is 0 Å². The second kappa shape index (κ2) is 5.86. The third kappa shape index (κ3) is 4.98. The predicted octanol–water partition coefficient (Wildman–Crippen LogP) is 2.83. The molecule has 15 heavy (non-hydrogen) atoms. The van der Waals surface area contributed by atoms with Gasteiger partial charge in [-0.15, -0.1) is 0 Å². The van der Waals surface area contributed by atoms with Gasteiger partial charge < -0.3 is 10.1 Å². The van der Waals surface area contributed by atoms with E-state index in [1.54, 1.807) is 7.11 Å². The van der Waals surface area contributed by atoms with Crippen molar-refractivity contribution in [3.8, 4) is 0 Å². The monoisotopic (exact) mass is 213 g/mol. The van der Waals surface area contributed by atoms with Gasteiger partial charge in [-0.3, -0.25) is 0 Å². The number of methoxy groups -OCH3 is 1. The fraction of sp³-hybridized carbons (Fsp3) is 1.00. The summed E-state index contributed by atoms with van der Waals surface area (Å²) in [6.07, 6.45) is 5.17. The number of rotatable bonds is 5. The first-order valence-corrected chi connectivity index (χ1v) is 6.26. The Kier molecular flexibility index (Phi) is 5.07. The van der Waals surface area contributed by atoms with Crippen LogP contribution in [0, 0.1) is 11.3 Å². The normalized spacial score (nSPS) is 30.4. The van der Waals surface area contributed by atoms with Crippen LogP contribution >= 0.6 is 0 Å². The highest BCUT2D eigenvalue weighted by atomic mass is 16.5. The van der Waals surface area contributed by atoms with Crippen LogP contribution in [0.2, 0.25) is 0 Å². The van der Waals surface area contributed by atoms with Gasteiger partial charge in [0.15, 0.2) is 0 Å². The molecule has 1 saturated carbocycles. The summed E-state index contributed by atoms with van der Waals surface area (Å²) in [4.78, 5) is 0. The molecule has 0 spiro atoms. The average molecular weight is 213 g/mol. The zero-order chi connectivity index (χ0) is 11.3. The standard InChI is InChI=1S/C13H27NO/c1-11-8-12(10-13(2,3)9-11)14-6-5-7-15-4/h11-12,14H,5-10H2,1-4H3. The predicted molar refractivity (Wildman–Crippen MR) is 65.1 cm³/mol. The fourth-order valence-electron chi connectivity index (χ4n) is 3.02. The summed E-state index contributed by atoms with van der Waals surface area (Å²) in [5.74, 6) is 0.869. The lowest BCUT2D eigenvalue weighted by Gasteiger charge is -2.39. The molecule has 0 bridgehead atoms. The lowest BCUT2D eigenvalue weighted by atomic mass is 9.70. The van der Waals surface area contributed by atoms with Crippen LogP contribution in [0.1, 0.15) is 46.5 Å². The second-order valence-corrected chi connectivity index (χ2v) is 5.91. The summed E-state index contributed by atoms with van der Waals surface area (Å²) in [6.45, 7) is 9.14. The van der Waals surface area contributed by atoms with Gasteiger partial charge in [0.05, 0.1) is 0 Å². The van der Waals surface area contributed by atoms with Gasteiger partial charge in [-0.05, 0) is 43.6 Å². The van der Waals surface area contributed by atoms with Gasteiger partial charge in [0.2, 0.25) is 0 Å². The quantitative estimate of drug-likeness (QED) is 0.709. The van der Waals surface area contributed by atoms with Crippen LogP contribution in [-0.4, -0.2) is 26.3 Å². The van der Waals surface area contributed by atoms with Crippen molar-refractivity contribution in [2.24, 2.45) is 11.3 Å². The maximum atomic E-state index is 5.05. The molecule has 0 aliphatic heterocycles. The van der Waals surface area contributed by atoms with Crippen molar-refractivity contribution in [2.75, 3.05) is 20.3 Å². The first kappa shape index (κ1) is 13.0. The maximum absolute atomic E-state index is 5.05. The number of ether oxygens (including phenoxy) is 1. The molecule has 90 valence electrons. The molecule has 0 amide bonds. The van der Waals surface area contributed by atoms with Crippen LogP contribution in [0.15, 0.2) is 0 Å². The first-order valence-electron chi connectivity index (χ1n) is 6.26. The minimum atomic E-state index is 0.524. The van der Waals surface area contributed by atoms with Crippen LogP contribution < -0.4 is 5.32 Å². The molecule has 1 aliphatic carbocycles. The molecule has 0 radical (unpaired) electrons. The van der Waals surface area contributed by atoms with Crippen LogP contribution in [0.5, 0.6) is 0 Å². The lowest BCUT2D eigenvalue weighted by Crippen LogP contribution is -2.40. The van der Waals surface area contributed by atoms with Crippen LogP contribution in [0.3, 0.4) is 0 Å². The molecular weight excluding hydrogens is 186 g/mol. The zero-order valence-electron chi connectivity index (χ0n) is 10.8. The van der Waals surface area contributed by atoms with Gasteiger partial charge in [0, 0.05) is 19.8 Å². The third-order valence-corrected chi connectivity index (χ3v) is 3.35. The third-order valence-electron chi connectivity index (χ3n) is 3.35. The minimum absolute atomic E-state index is 0.524. The summed E-state index contributed by atoms with van der Waals surface area (Å²) in [5.41, 5.74) is 0.524. The highest BCUT2D eigenvalue weighted by molar-refractivity contribution is 4.86. The van der Waals surface area contributed by atoms with E-state index in [9.17, 15) is 0 Å². The van der Waals surface area contributed by atoms with Crippen LogP contribution in [-0.2, 0) is 4.74 Å². The SMILES string of the molecule is COCCCNC1CC(C)CC(C)(C)C1. The Balaban J connectivity index is 2.23. The summed E-state index contributed by atoms with van der Waals surface area (Å²) in [6, 6.07) is 0.723. The largest absolute Gasteiger partial charge is 0.385 e. The van der Waals surface area contributed by atoms with Crippen LogP contribution in [0.25, 0.3) is 0 Å². The topological polar surface area (TPSA) is 21.3 Å². The van der Waals surface area contributed by atoms with Gasteiger partial charge >= 0.3 is 0 Å². The molecule has 0 aromatic heterocycles. The van der Waals surface area contributed by atoms with E-state index in [4.69, 9.17) is 4.74 Å². The Labute approximate surface area is 94.8 Å². The average Bonchev–Trinajstić information content (AvgIpc) is 2.09. The van der Waals surface area contributed by atoms with Crippen molar-refractivity contribution >= 4 is 0 Å². The Morgan fingerprint density at radius 3 is 2.67 bits per heavy atom. The van der Waals surface area contributed by atoms with Gasteiger partial charge in [-0.25, -0.2) is 0 Å².